The third-order valence-corrected chi connectivity index (χ3v) is 7.88. The number of para-hydroxylation sites is 1. The molecule has 0 radical (unpaired) electrons. The fourth-order valence-corrected chi connectivity index (χ4v) is 5.72. The number of nitrogens with one attached hydrogen (secondary N) is 2. The van der Waals surface area contributed by atoms with Crippen LogP contribution in [0.1, 0.15) is 40.3 Å². The van der Waals surface area contributed by atoms with Crippen LogP contribution in [0.4, 0.5) is 5.69 Å². The molecule has 3 heterocycles. The van der Waals surface area contributed by atoms with Gasteiger partial charge in [-0.1, -0.05) is 24.3 Å². The van der Waals surface area contributed by atoms with E-state index in [0.717, 1.165) is 39.8 Å². The van der Waals surface area contributed by atoms with E-state index in [1.165, 1.54) is 9.13 Å². The van der Waals surface area contributed by atoms with E-state index < -0.39 is 0 Å². The SMILES string of the molecule is Cc1ccccc1Oc1ccc(N2C(=S)N[C@H](c3ccccn3)[C@H]2c2c(C)[nH]c(C)c2I)cc1. The molecule has 1 fully saturated rings. The number of halogens is 1. The number of hydrogen-bond donors (Lipinski definition) is 2. The molecule has 0 spiro atoms. The molecule has 2 atom stereocenters. The molecule has 2 aromatic heterocycles. The van der Waals surface area contributed by atoms with E-state index in [2.05, 4.69) is 74.8 Å². The fourth-order valence-electron chi connectivity index (χ4n) is 4.52. The third-order valence-electron chi connectivity index (χ3n) is 6.17. The third kappa shape index (κ3) is 4.18. The highest BCUT2D eigenvalue weighted by molar-refractivity contribution is 14.1. The van der Waals surface area contributed by atoms with Gasteiger partial charge in [-0.25, -0.2) is 0 Å². The number of anilines is 1. The average molecular weight is 580 g/mol. The topological polar surface area (TPSA) is 53.2 Å². The molecule has 0 saturated carbocycles. The molecule has 34 heavy (non-hydrogen) atoms. The Hall–Kier alpha value is -2.91. The highest BCUT2D eigenvalue weighted by Gasteiger charge is 2.43. The molecule has 1 aliphatic rings. The Balaban J connectivity index is 1.53. The summed E-state index contributed by atoms with van der Waals surface area (Å²) in [6, 6.07) is 22.0. The summed E-state index contributed by atoms with van der Waals surface area (Å²) in [7, 11) is 0. The molecule has 5 rings (SSSR count). The number of pyridine rings is 1. The van der Waals surface area contributed by atoms with Gasteiger partial charge >= 0.3 is 0 Å². The number of hydrogen-bond acceptors (Lipinski definition) is 3. The number of nitrogens with zero attached hydrogens (tertiary/aromatic N) is 2. The van der Waals surface area contributed by atoms with Crippen LogP contribution in [0.2, 0.25) is 0 Å². The Morgan fingerprint density at radius 1 is 0.941 bits per heavy atom. The lowest BCUT2D eigenvalue weighted by atomic mass is 9.96. The maximum Gasteiger partial charge on any atom is 0.174 e. The van der Waals surface area contributed by atoms with Gasteiger partial charge in [0, 0.05) is 32.4 Å². The number of benzene rings is 2. The van der Waals surface area contributed by atoms with E-state index >= 15 is 0 Å². The number of aromatic nitrogens is 2. The maximum absolute atomic E-state index is 6.11. The van der Waals surface area contributed by atoms with Crippen molar-refractivity contribution in [1.82, 2.24) is 15.3 Å². The van der Waals surface area contributed by atoms with Crippen molar-refractivity contribution in [3.05, 3.63) is 105 Å². The predicted molar refractivity (Wildman–Crippen MR) is 149 cm³/mol. The van der Waals surface area contributed by atoms with Gasteiger partial charge in [-0.15, -0.1) is 0 Å². The van der Waals surface area contributed by atoms with Gasteiger partial charge in [-0.05, 0) is 104 Å². The van der Waals surface area contributed by atoms with Crippen LogP contribution in [-0.2, 0) is 0 Å². The van der Waals surface area contributed by atoms with Crippen LogP contribution < -0.4 is 15.0 Å². The van der Waals surface area contributed by atoms with Crippen molar-refractivity contribution >= 4 is 45.6 Å². The summed E-state index contributed by atoms with van der Waals surface area (Å²) in [4.78, 5) is 10.4. The van der Waals surface area contributed by atoms with Crippen molar-refractivity contribution in [2.75, 3.05) is 4.90 Å². The van der Waals surface area contributed by atoms with Gasteiger partial charge in [-0.2, -0.15) is 0 Å². The molecular formula is C27H25IN4OS. The summed E-state index contributed by atoms with van der Waals surface area (Å²) in [6.07, 6.45) is 1.83. The molecule has 0 aliphatic carbocycles. The molecule has 0 amide bonds. The molecule has 1 saturated heterocycles. The summed E-state index contributed by atoms with van der Waals surface area (Å²) in [5.74, 6) is 1.65. The fraction of sp³-hybridized carbons (Fsp3) is 0.185. The van der Waals surface area contributed by atoms with Crippen LogP contribution in [0.3, 0.4) is 0 Å². The van der Waals surface area contributed by atoms with E-state index in [9.17, 15) is 0 Å². The quantitative estimate of drug-likeness (QED) is 0.199. The van der Waals surface area contributed by atoms with Crippen molar-refractivity contribution in [2.45, 2.75) is 32.9 Å². The maximum atomic E-state index is 6.11. The van der Waals surface area contributed by atoms with Gasteiger partial charge in [0.15, 0.2) is 5.11 Å². The van der Waals surface area contributed by atoms with Crippen LogP contribution >= 0.6 is 34.8 Å². The molecule has 7 heteroatoms. The summed E-state index contributed by atoms with van der Waals surface area (Å²) >= 11 is 8.30. The summed E-state index contributed by atoms with van der Waals surface area (Å²) in [5.41, 5.74) is 6.61. The lowest BCUT2D eigenvalue weighted by molar-refractivity contribution is 0.479. The smallest absolute Gasteiger partial charge is 0.174 e. The van der Waals surface area contributed by atoms with Crippen molar-refractivity contribution < 1.29 is 4.74 Å². The van der Waals surface area contributed by atoms with Gasteiger partial charge < -0.3 is 19.9 Å². The van der Waals surface area contributed by atoms with Crippen molar-refractivity contribution in [1.29, 1.82) is 0 Å². The first-order valence-electron chi connectivity index (χ1n) is 11.1. The molecule has 1 aliphatic heterocycles. The van der Waals surface area contributed by atoms with E-state index in [1.807, 2.05) is 61.7 Å². The Labute approximate surface area is 218 Å². The zero-order valence-corrected chi connectivity index (χ0v) is 22.1. The number of rotatable bonds is 5. The predicted octanol–water partition coefficient (Wildman–Crippen LogP) is 6.91. The van der Waals surface area contributed by atoms with E-state index in [1.54, 1.807) is 0 Å². The van der Waals surface area contributed by atoms with Crippen LogP contribution in [-0.4, -0.2) is 15.1 Å². The number of H-pyrrole nitrogens is 1. The van der Waals surface area contributed by atoms with E-state index in [4.69, 9.17) is 17.0 Å². The summed E-state index contributed by atoms with van der Waals surface area (Å²) in [5, 5.41) is 4.22. The molecule has 4 aromatic rings. The Bertz CT molecular complexity index is 1340. The van der Waals surface area contributed by atoms with Crippen LogP contribution in [0.25, 0.3) is 0 Å². The van der Waals surface area contributed by atoms with Gasteiger partial charge in [0.05, 0.1) is 17.8 Å². The number of aromatic amines is 1. The second-order valence-corrected chi connectivity index (χ2v) is 9.93. The number of ether oxygens (including phenoxy) is 1. The Morgan fingerprint density at radius 3 is 2.32 bits per heavy atom. The van der Waals surface area contributed by atoms with Gasteiger partial charge in [0.25, 0.3) is 0 Å². The Morgan fingerprint density at radius 2 is 1.68 bits per heavy atom. The van der Waals surface area contributed by atoms with Gasteiger partial charge in [-0.3, -0.25) is 4.98 Å². The monoisotopic (exact) mass is 580 g/mol. The van der Waals surface area contributed by atoms with Crippen LogP contribution in [0, 0.1) is 24.3 Å². The highest BCUT2D eigenvalue weighted by Crippen LogP contribution is 2.45. The molecule has 2 N–H and O–H groups in total. The average Bonchev–Trinajstić information content (AvgIpc) is 3.30. The number of thiocarbonyl (C=S) groups is 1. The first kappa shape index (κ1) is 22.9. The molecule has 5 nitrogen and oxygen atoms in total. The Kier molecular flexibility index (Phi) is 6.31. The largest absolute Gasteiger partial charge is 0.457 e. The molecular weight excluding hydrogens is 555 g/mol. The summed E-state index contributed by atoms with van der Waals surface area (Å²) < 4.78 is 7.33. The van der Waals surface area contributed by atoms with Crippen molar-refractivity contribution in [3.8, 4) is 11.5 Å². The highest BCUT2D eigenvalue weighted by atomic mass is 127. The second kappa shape index (κ2) is 9.38. The minimum absolute atomic E-state index is 0.0395. The normalized spacial score (nSPS) is 17.6. The molecule has 2 aromatic carbocycles. The minimum Gasteiger partial charge on any atom is -0.457 e. The van der Waals surface area contributed by atoms with Gasteiger partial charge in [0.1, 0.15) is 11.5 Å². The van der Waals surface area contributed by atoms with Crippen molar-refractivity contribution in [3.63, 3.8) is 0 Å². The first-order valence-corrected chi connectivity index (χ1v) is 12.6. The summed E-state index contributed by atoms with van der Waals surface area (Å²) in [6.45, 7) is 6.28. The van der Waals surface area contributed by atoms with E-state index in [0.29, 0.717) is 5.11 Å². The molecule has 0 bridgehead atoms. The molecule has 0 unspecified atom stereocenters. The standard InChI is InChI=1S/C27H25IN4OS/c1-16-8-4-5-10-22(16)33-20-13-11-19(12-14-20)32-26(23-17(2)30-18(3)24(23)28)25(31-27(32)34)21-9-6-7-15-29-21/h4-15,25-26,30H,1-3H3,(H,31,34)/t25-,26-/m1/s1. The first-order chi connectivity index (χ1) is 16.4. The van der Waals surface area contributed by atoms with E-state index in [-0.39, 0.29) is 12.1 Å². The second-order valence-electron chi connectivity index (χ2n) is 8.46. The lowest BCUT2D eigenvalue weighted by Gasteiger charge is -2.28. The van der Waals surface area contributed by atoms with Crippen LogP contribution in [0.15, 0.2) is 72.9 Å². The lowest BCUT2D eigenvalue weighted by Crippen LogP contribution is -2.29. The van der Waals surface area contributed by atoms with Crippen LogP contribution in [0.5, 0.6) is 11.5 Å². The minimum atomic E-state index is -0.0704. The van der Waals surface area contributed by atoms with Crippen molar-refractivity contribution in [2.24, 2.45) is 0 Å². The van der Waals surface area contributed by atoms with Gasteiger partial charge in [0.2, 0.25) is 0 Å². The number of aryl methyl sites for hydroxylation is 3. The zero-order chi connectivity index (χ0) is 23.8. The molecule has 172 valence electrons. The zero-order valence-electron chi connectivity index (χ0n) is 19.2.